The minimum Gasteiger partial charge on any atom is -0.489 e. The molecule has 0 N–H and O–H groups in total. The van der Waals surface area contributed by atoms with E-state index in [-0.39, 0.29) is 5.56 Å². The van der Waals surface area contributed by atoms with Crippen molar-refractivity contribution < 1.29 is 17.9 Å². The molecule has 128 valence electrons. The second-order valence-electron chi connectivity index (χ2n) is 5.49. The van der Waals surface area contributed by atoms with E-state index in [9.17, 15) is 13.2 Å². The van der Waals surface area contributed by atoms with Crippen LogP contribution in [0, 0.1) is 0 Å². The van der Waals surface area contributed by atoms with E-state index in [1.165, 1.54) is 6.07 Å². The van der Waals surface area contributed by atoms with E-state index in [0.29, 0.717) is 22.4 Å². The normalized spacial score (nSPS) is 11.4. The van der Waals surface area contributed by atoms with Gasteiger partial charge in [0.15, 0.2) is 0 Å². The number of benzene rings is 3. The van der Waals surface area contributed by atoms with E-state index < -0.39 is 11.7 Å². The molecule has 0 unspecified atom stereocenters. The summed E-state index contributed by atoms with van der Waals surface area (Å²) in [6.07, 6.45) is -4.43. The molecule has 25 heavy (non-hydrogen) atoms. The average molecular weight is 407 g/mol. The maximum absolute atomic E-state index is 13.3. The largest absolute Gasteiger partial charge is 0.489 e. The van der Waals surface area contributed by atoms with Crippen molar-refractivity contribution >= 4 is 15.9 Å². The molecular formula is C20H14BrF3O. The van der Waals surface area contributed by atoms with Crippen molar-refractivity contribution in [1.29, 1.82) is 0 Å². The van der Waals surface area contributed by atoms with Gasteiger partial charge in [0.1, 0.15) is 12.4 Å². The highest BCUT2D eigenvalue weighted by molar-refractivity contribution is 9.10. The Bertz CT molecular complexity index is 860. The Labute approximate surface area is 152 Å². The van der Waals surface area contributed by atoms with Crippen LogP contribution in [-0.2, 0) is 12.8 Å². The predicted molar refractivity (Wildman–Crippen MR) is 95.4 cm³/mol. The van der Waals surface area contributed by atoms with Crippen molar-refractivity contribution in [3.05, 3.63) is 88.4 Å². The summed E-state index contributed by atoms with van der Waals surface area (Å²) >= 11 is 3.10. The minimum absolute atomic E-state index is 0.126. The maximum atomic E-state index is 13.3. The summed E-state index contributed by atoms with van der Waals surface area (Å²) in [6.45, 7) is 0.358. The number of ether oxygens (including phenoxy) is 1. The van der Waals surface area contributed by atoms with E-state index in [1.807, 2.05) is 30.3 Å². The first-order chi connectivity index (χ1) is 11.9. The van der Waals surface area contributed by atoms with Gasteiger partial charge in [0.2, 0.25) is 0 Å². The first-order valence-electron chi connectivity index (χ1n) is 7.57. The molecule has 0 aliphatic rings. The van der Waals surface area contributed by atoms with Gasteiger partial charge in [-0.1, -0.05) is 64.5 Å². The Hall–Kier alpha value is -2.27. The van der Waals surface area contributed by atoms with Gasteiger partial charge in [-0.2, -0.15) is 13.2 Å². The highest BCUT2D eigenvalue weighted by Crippen LogP contribution is 2.39. The fourth-order valence-electron chi connectivity index (χ4n) is 2.50. The maximum Gasteiger partial charge on any atom is 0.417 e. The number of alkyl halides is 3. The van der Waals surface area contributed by atoms with Gasteiger partial charge < -0.3 is 4.74 Å². The smallest absolute Gasteiger partial charge is 0.417 e. The topological polar surface area (TPSA) is 9.23 Å². The van der Waals surface area contributed by atoms with Gasteiger partial charge in [0.25, 0.3) is 0 Å². The fourth-order valence-corrected chi connectivity index (χ4v) is 2.86. The molecule has 0 aliphatic carbocycles. The highest BCUT2D eigenvalue weighted by atomic mass is 79.9. The molecule has 3 rings (SSSR count). The SMILES string of the molecule is FC(F)(F)c1cc(Br)ccc1-c1cccc(OCc2ccccc2)c1. The summed E-state index contributed by atoms with van der Waals surface area (Å²) in [7, 11) is 0. The van der Waals surface area contributed by atoms with Crippen LogP contribution >= 0.6 is 15.9 Å². The Kier molecular flexibility index (Phi) is 5.13. The Morgan fingerprint density at radius 3 is 2.32 bits per heavy atom. The molecule has 0 spiro atoms. The summed E-state index contributed by atoms with van der Waals surface area (Å²) in [5.74, 6) is 0.525. The van der Waals surface area contributed by atoms with Gasteiger partial charge in [-0.3, -0.25) is 0 Å². The van der Waals surface area contributed by atoms with Crippen LogP contribution in [0.25, 0.3) is 11.1 Å². The van der Waals surface area contributed by atoms with Crippen molar-refractivity contribution in [2.75, 3.05) is 0 Å². The van der Waals surface area contributed by atoms with Crippen molar-refractivity contribution in [3.8, 4) is 16.9 Å². The Balaban J connectivity index is 1.89. The molecule has 0 heterocycles. The molecule has 0 saturated carbocycles. The van der Waals surface area contributed by atoms with Crippen molar-refractivity contribution in [1.82, 2.24) is 0 Å². The molecule has 0 fully saturated rings. The zero-order valence-corrected chi connectivity index (χ0v) is 14.6. The van der Waals surface area contributed by atoms with Gasteiger partial charge in [-0.05, 0) is 41.0 Å². The van der Waals surface area contributed by atoms with Gasteiger partial charge in [-0.15, -0.1) is 0 Å². The molecule has 0 saturated heterocycles. The molecule has 3 aromatic rings. The first-order valence-corrected chi connectivity index (χ1v) is 8.37. The molecule has 0 aromatic heterocycles. The van der Waals surface area contributed by atoms with Gasteiger partial charge in [0.05, 0.1) is 5.56 Å². The van der Waals surface area contributed by atoms with E-state index in [2.05, 4.69) is 15.9 Å². The van der Waals surface area contributed by atoms with E-state index in [1.54, 1.807) is 30.3 Å². The molecule has 1 nitrogen and oxygen atoms in total. The quantitative estimate of drug-likeness (QED) is 0.467. The van der Waals surface area contributed by atoms with Crippen LogP contribution in [0.3, 0.4) is 0 Å². The van der Waals surface area contributed by atoms with Crippen LogP contribution in [-0.4, -0.2) is 0 Å². The van der Waals surface area contributed by atoms with E-state index in [0.717, 1.165) is 11.6 Å². The second-order valence-corrected chi connectivity index (χ2v) is 6.41. The Morgan fingerprint density at radius 1 is 0.840 bits per heavy atom. The van der Waals surface area contributed by atoms with Crippen LogP contribution in [0.5, 0.6) is 5.75 Å². The fraction of sp³-hybridized carbons (Fsp3) is 0.100. The van der Waals surface area contributed by atoms with Crippen molar-refractivity contribution in [3.63, 3.8) is 0 Å². The van der Waals surface area contributed by atoms with E-state index in [4.69, 9.17) is 4.74 Å². The average Bonchev–Trinajstić information content (AvgIpc) is 2.60. The first kappa shape index (κ1) is 17.5. The summed E-state index contributed by atoms with van der Waals surface area (Å²) in [5.41, 5.74) is 0.904. The summed E-state index contributed by atoms with van der Waals surface area (Å²) in [4.78, 5) is 0. The van der Waals surface area contributed by atoms with Crippen molar-refractivity contribution in [2.24, 2.45) is 0 Å². The summed E-state index contributed by atoms with van der Waals surface area (Å²) < 4.78 is 46.1. The lowest BCUT2D eigenvalue weighted by atomic mass is 9.99. The van der Waals surface area contributed by atoms with Gasteiger partial charge >= 0.3 is 6.18 Å². The minimum atomic E-state index is -4.43. The lowest BCUT2D eigenvalue weighted by molar-refractivity contribution is -0.137. The van der Waals surface area contributed by atoms with Crippen LogP contribution < -0.4 is 4.74 Å². The molecule has 0 bridgehead atoms. The third kappa shape index (κ3) is 4.42. The molecule has 0 radical (unpaired) electrons. The summed E-state index contributed by atoms with van der Waals surface area (Å²) in [5, 5.41) is 0. The van der Waals surface area contributed by atoms with Gasteiger partial charge in [0, 0.05) is 4.47 Å². The zero-order valence-electron chi connectivity index (χ0n) is 13.1. The number of hydrogen-bond donors (Lipinski definition) is 0. The third-order valence-corrected chi connectivity index (χ3v) is 4.17. The van der Waals surface area contributed by atoms with Crippen LogP contribution in [0.15, 0.2) is 77.3 Å². The molecule has 0 atom stereocenters. The number of halogens is 4. The molecule has 5 heteroatoms. The third-order valence-electron chi connectivity index (χ3n) is 3.68. The highest BCUT2D eigenvalue weighted by Gasteiger charge is 2.33. The summed E-state index contributed by atoms with van der Waals surface area (Å²) in [6, 6.07) is 20.4. The molecular weight excluding hydrogens is 393 g/mol. The van der Waals surface area contributed by atoms with E-state index >= 15 is 0 Å². The number of rotatable bonds is 4. The molecule has 0 aliphatic heterocycles. The zero-order chi connectivity index (χ0) is 17.9. The monoisotopic (exact) mass is 406 g/mol. The second kappa shape index (κ2) is 7.31. The van der Waals surface area contributed by atoms with Gasteiger partial charge in [-0.25, -0.2) is 0 Å². The van der Waals surface area contributed by atoms with Crippen molar-refractivity contribution in [2.45, 2.75) is 12.8 Å². The standard InChI is InChI=1S/C20H14BrF3O/c21-16-9-10-18(19(12-16)20(22,23)24)15-7-4-8-17(11-15)25-13-14-5-2-1-3-6-14/h1-12H,13H2. The predicted octanol–water partition coefficient (Wildman–Crippen LogP) is 6.71. The van der Waals surface area contributed by atoms with Crippen LogP contribution in [0.2, 0.25) is 0 Å². The lowest BCUT2D eigenvalue weighted by Crippen LogP contribution is -2.07. The lowest BCUT2D eigenvalue weighted by Gasteiger charge is -2.14. The number of hydrogen-bond acceptors (Lipinski definition) is 1. The van der Waals surface area contributed by atoms with Crippen LogP contribution in [0.4, 0.5) is 13.2 Å². The molecule has 0 amide bonds. The Morgan fingerprint density at radius 2 is 1.60 bits per heavy atom. The molecule has 3 aromatic carbocycles. The van der Waals surface area contributed by atoms with Crippen LogP contribution in [0.1, 0.15) is 11.1 Å².